The van der Waals surface area contributed by atoms with Crippen molar-refractivity contribution in [3.63, 3.8) is 0 Å². The number of rotatable bonds is 6. The molecule has 576 valence electrons. The summed E-state index contributed by atoms with van der Waals surface area (Å²) in [6.45, 7) is 0. The SMILES string of the molecule is O.O.O.O.O.O.O.O.O.O.O.O.O=C([O-])C(=O)[O-].O=C([O-])C(=O)[O-].O=C([O-])C(=O)[O-].[Cl-].[Co+3].[Co+3].[Nb+3].[O-2].c1ccc(-c2ccccn2)nc1.c1ccc(-c2ccccn2)nc1.c1ccc(-c2ccccn2)nc1.c1ccc(-c2ccccn2)nc1.c1ccc(-c2ccccn2)nc1.c1ccc(-c2ccccn2)nc1. The van der Waals surface area contributed by atoms with Crippen LogP contribution >= 0.6 is 0 Å². The Bertz CT molecular complexity index is 3080. The summed E-state index contributed by atoms with van der Waals surface area (Å²) < 4.78 is 0. The van der Waals surface area contributed by atoms with Crippen molar-refractivity contribution in [2.75, 3.05) is 0 Å². The van der Waals surface area contributed by atoms with Crippen molar-refractivity contribution in [3.05, 3.63) is 293 Å². The minimum absolute atomic E-state index is 0. The van der Waals surface area contributed by atoms with Crippen LogP contribution in [0.1, 0.15) is 0 Å². The molecule has 0 aliphatic rings. The Morgan fingerprint density at radius 1 is 0.178 bits per heavy atom. The van der Waals surface area contributed by atoms with E-state index < -0.39 is 35.8 Å². The summed E-state index contributed by atoms with van der Waals surface area (Å²) in [5.41, 5.74) is 11.0. The van der Waals surface area contributed by atoms with Crippen molar-refractivity contribution < 1.29 is 199 Å². The van der Waals surface area contributed by atoms with Crippen LogP contribution in [-0.2, 0) is 90.2 Å². The van der Waals surface area contributed by atoms with Crippen LogP contribution < -0.4 is 43.0 Å². The van der Waals surface area contributed by atoms with E-state index in [2.05, 4.69) is 59.8 Å². The van der Waals surface area contributed by atoms with Gasteiger partial charge in [0.25, 0.3) is 0 Å². The molecule has 37 nitrogen and oxygen atoms in total. The summed E-state index contributed by atoms with van der Waals surface area (Å²) in [7, 11) is 0. The van der Waals surface area contributed by atoms with Crippen molar-refractivity contribution in [1.82, 2.24) is 59.8 Å². The second-order valence-electron chi connectivity index (χ2n) is 16.3. The first-order valence-electron chi connectivity index (χ1n) is 25.9. The molecule has 0 aliphatic heterocycles. The van der Waals surface area contributed by atoms with E-state index in [0.29, 0.717) is 0 Å². The van der Waals surface area contributed by atoms with E-state index in [1.54, 1.807) is 74.4 Å². The van der Waals surface area contributed by atoms with Crippen LogP contribution in [-0.4, -0.2) is 161 Å². The molecule has 12 aromatic rings. The smallest absolute Gasteiger partial charge is 2.00 e. The maximum atomic E-state index is 8.93. The van der Waals surface area contributed by atoms with Crippen LogP contribution in [0.3, 0.4) is 0 Å². The molecule has 0 fully saturated rings. The van der Waals surface area contributed by atoms with Gasteiger partial charge in [-0.05, 0) is 146 Å². The topological polar surface area (TPSA) is 802 Å². The van der Waals surface area contributed by atoms with E-state index in [9.17, 15) is 0 Å². The number of carboxylic acids is 6. The minimum Gasteiger partial charge on any atom is -2.00 e. The van der Waals surface area contributed by atoms with Crippen molar-refractivity contribution in [1.29, 1.82) is 0 Å². The maximum absolute atomic E-state index is 8.93. The van der Waals surface area contributed by atoms with E-state index in [-0.39, 0.29) is 140 Å². The van der Waals surface area contributed by atoms with Gasteiger partial charge in [-0.2, -0.15) is 0 Å². The van der Waals surface area contributed by atoms with Gasteiger partial charge in [-0.3, -0.25) is 59.8 Å². The molecule has 0 aromatic carbocycles. The first-order valence-corrected chi connectivity index (χ1v) is 25.9. The van der Waals surface area contributed by atoms with Gasteiger partial charge in [-0.25, -0.2) is 0 Å². The van der Waals surface area contributed by atoms with Crippen LogP contribution in [0.25, 0.3) is 68.3 Å². The average molecular weight is 1680 g/mol. The Hall–Kier alpha value is -11.9. The molecular formula is C66H72ClCo2N12NbO25. The Morgan fingerprint density at radius 2 is 0.243 bits per heavy atom. The molecule has 24 N–H and O–H groups in total. The number of carbonyl (C=O) groups excluding carboxylic acids is 6. The van der Waals surface area contributed by atoms with Gasteiger partial charge in [0, 0.05) is 74.4 Å². The Kier molecular flexibility index (Phi) is 93.7. The zero-order valence-corrected chi connectivity index (χ0v) is 59.9. The van der Waals surface area contributed by atoms with E-state index >= 15 is 0 Å². The third kappa shape index (κ3) is 55.4. The van der Waals surface area contributed by atoms with Gasteiger partial charge in [0.05, 0.1) is 104 Å². The molecule has 0 radical (unpaired) electrons. The van der Waals surface area contributed by atoms with Crippen molar-refractivity contribution in [2.24, 2.45) is 0 Å². The van der Waals surface area contributed by atoms with Crippen LogP contribution in [0.5, 0.6) is 0 Å². The molecule has 0 bridgehead atoms. The summed E-state index contributed by atoms with van der Waals surface area (Å²) in [6.07, 6.45) is 21.2. The number of nitrogens with zero attached hydrogens (tertiary/aromatic N) is 12. The molecular weight excluding hydrogens is 1610 g/mol. The molecule has 12 rings (SSSR count). The summed E-state index contributed by atoms with van der Waals surface area (Å²) in [4.78, 5) is 104. The van der Waals surface area contributed by atoms with Crippen molar-refractivity contribution in [3.8, 4) is 68.3 Å². The fraction of sp³-hybridized carbons (Fsp3) is 0. The molecule has 0 aliphatic carbocycles. The van der Waals surface area contributed by atoms with Gasteiger partial charge in [-0.1, -0.05) is 72.8 Å². The number of halogens is 1. The van der Waals surface area contributed by atoms with Gasteiger partial charge >= 0.3 is 55.9 Å². The second kappa shape index (κ2) is 78.3. The maximum Gasteiger partial charge on any atom is 3.00 e. The van der Waals surface area contributed by atoms with E-state index in [1.165, 1.54) is 0 Å². The zero-order valence-electron chi connectivity index (χ0n) is 54.9. The Morgan fingerprint density at radius 3 is 0.280 bits per heavy atom. The largest absolute Gasteiger partial charge is 3.00 e. The monoisotopic (exact) mass is 1680 g/mol. The standard InChI is InChI=1S/6C10H8N2.3C2H2O4.ClH.2Co.Nb.12H2O.O/c6*1-3-7-11-9(5-1)10-6-2-4-8-12-10;3*3-1(4)2(5)6;;;;;;;;;;;;;;;;;/h6*1-8H;3*(H,3,4)(H,5,6);1H;;;;12*1H2;/q;;;;;;;;;;3*+3;;;;;;;;;;;;;-2/p-7. The third-order valence-corrected chi connectivity index (χ3v) is 10.1. The zero-order chi connectivity index (χ0) is 64.8. The van der Waals surface area contributed by atoms with Gasteiger partial charge in [0.2, 0.25) is 0 Å². The van der Waals surface area contributed by atoms with E-state index in [1.807, 2.05) is 218 Å². The average Bonchev–Trinajstić information content (AvgIpc) is 0.932. The van der Waals surface area contributed by atoms with Crippen LogP contribution in [0.2, 0.25) is 0 Å². The minimum atomic E-state index is -2.19. The molecule has 0 atom stereocenters. The summed E-state index contributed by atoms with van der Waals surface area (Å²) >= 11 is 0. The van der Waals surface area contributed by atoms with Gasteiger partial charge in [0.15, 0.2) is 0 Å². The number of hydrogen-bond acceptors (Lipinski definition) is 24. The van der Waals surface area contributed by atoms with Crippen LogP contribution in [0.15, 0.2) is 293 Å². The van der Waals surface area contributed by atoms with Gasteiger partial charge in [0.1, 0.15) is 0 Å². The van der Waals surface area contributed by atoms with Crippen molar-refractivity contribution >= 4 is 35.8 Å². The van der Waals surface area contributed by atoms with Crippen LogP contribution in [0, 0.1) is 0 Å². The molecule has 0 spiro atoms. The molecule has 41 heteroatoms. The normalized spacial score (nSPS) is 7.74. The quantitative estimate of drug-likeness (QED) is 0.110. The molecule has 0 saturated carbocycles. The fourth-order valence-electron chi connectivity index (χ4n) is 6.17. The summed E-state index contributed by atoms with van der Waals surface area (Å²) in [5, 5.41) is 53.6. The summed E-state index contributed by atoms with van der Waals surface area (Å²) in [6, 6.07) is 69.6. The molecule has 12 aromatic heterocycles. The predicted molar refractivity (Wildman–Crippen MR) is 359 cm³/mol. The molecule has 12 heterocycles. The molecule has 0 saturated heterocycles. The third-order valence-electron chi connectivity index (χ3n) is 10.1. The van der Waals surface area contributed by atoms with E-state index in [4.69, 9.17) is 59.4 Å². The van der Waals surface area contributed by atoms with Crippen molar-refractivity contribution in [2.45, 2.75) is 0 Å². The number of pyridine rings is 12. The fourth-order valence-corrected chi connectivity index (χ4v) is 6.17. The number of carbonyl (C=O) groups is 6. The number of aromatic nitrogens is 12. The number of aliphatic carboxylic acids is 6. The first kappa shape index (κ1) is 128. The predicted octanol–water partition coefficient (Wildman–Crippen LogP) is -10.7. The Balaban J connectivity index is -0.0000000751. The number of carboxylic acid groups (broad SMARTS) is 6. The van der Waals surface area contributed by atoms with E-state index in [0.717, 1.165) is 68.3 Å². The first-order chi connectivity index (χ1) is 43.7. The van der Waals surface area contributed by atoms with Gasteiger partial charge < -0.3 is 143 Å². The molecule has 0 amide bonds. The Labute approximate surface area is 651 Å². The summed E-state index contributed by atoms with van der Waals surface area (Å²) in [5.74, 6) is -13.1. The second-order valence-corrected chi connectivity index (χ2v) is 16.3. The number of hydrogen-bond donors (Lipinski definition) is 0. The molecule has 107 heavy (non-hydrogen) atoms. The molecule has 0 unspecified atom stereocenters. The van der Waals surface area contributed by atoms with Gasteiger partial charge in [-0.15, -0.1) is 0 Å². The van der Waals surface area contributed by atoms with Crippen LogP contribution in [0.4, 0.5) is 0 Å².